The topological polar surface area (TPSA) is 37.4 Å². The number of ether oxygens (including phenoxy) is 1. The predicted molar refractivity (Wildman–Crippen MR) is 91.9 cm³/mol. The van der Waals surface area contributed by atoms with Gasteiger partial charge in [-0.15, -0.1) is 11.3 Å². The van der Waals surface area contributed by atoms with Gasteiger partial charge in [0.1, 0.15) is 0 Å². The van der Waals surface area contributed by atoms with Gasteiger partial charge in [-0.3, -0.25) is 0 Å². The van der Waals surface area contributed by atoms with Crippen molar-refractivity contribution in [3.05, 3.63) is 45.4 Å². The van der Waals surface area contributed by atoms with Gasteiger partial charge in [0.15, 0.2) is 5.13 Å². The number of anilines is 1. The van der Waals surface area contributed by atoms with Gasteiger partial charge in [-0.2, -0.15) is 0 Å². The van der Waals surface area contributed by atoms with Crippen LogP contribution in [-0.4, -0.2) is 32.3 Å². The second-order valence-corrected chi connectivity index (χ2v) is 6.43. The van der Waals surface area contributed by atoms with Gasteiger partial charge in [0.25, 0.3) is 0 Å². The van der Waals surface area contributed by atoms with E-state index in [1.807, 2.05) is 6.07 Å². The van der Waals surface area contributed by atoms with Crippen molar-refractivity contribution in [1.29, 1.82) is 0 Å². The molecule has 0 fully saturated rings. The van der Waals surface area contributed by atoms with E-state index >= 15 is 0 Å². The number of rotatable bonds is 8. The Morgan fingerprint density at radius 2 is 2.19 bits per heavy atom. The average Bonchev–Trinajstić information content (AvgIpc) is 2.95. The second kappa shape index (κ2) is 8.48. The van der Waals surface area contributed by atoms with E-state index in [0.29, 0.717) is 0 Å². The molecule has 0 aliphatic rings. The zero-order valence-electron chi connectivity index (χ0n) is 12.3. The highest BCUT2D eigenvalue weighted by atomic mass is 79.9. The summed E-state index contributed by atoms with van der Waals surface area (Å²) in [4.78, 5) is 6.83. The van der Waals surface area contributed by atoms with Crippen molar-refractivity contribution >= 4 is 32.4 Å². The Hall–Kier alpha value is -0.950. The largest absolute Gasteiger partial charge is 0.383 e. The minimum Gasteiger partial charge on any atom is -0.383 e. The number of hydrogen-bond acceptors (Lipinski definition) is 5. The van der Waals surface area contributed by atoms with Crippen LogP contribution < -0.4 is 10.2 Å². The Morgan fingerprint density at radius 1 is 1.38 bits per heavy atom. The van der Waals surface area contributed by atoms with E-state index in [0.717, 1.165) is 41.5 Å². The molecular weight excluding hydrogens is 350 g/mol. The van der Waals surface area contributed by atoms with Gasteiger partial charge >= 0.3 is 0 Å². The van der Waals surface area contributed by atoms with E-state index in [4.69, 9.17) is 4.74 Å². The van der Waals surface area contributed by atoms with Crippen LogP contribution in [0.4, 0.5) is 5.13 Å². The first-order valence-electron chi connectivity index (χ1n) is 6.79. The van der Waals surface area contributed by atoms with E-state index in [2.05, 4.69) is 61.8 Å². The van der Waals surface area contributed by atoms with Gasteiger partial charge in [0, 0.05) is 43.6 Å². The minimum absolute atomic E-state index is 0.721. The molecule has 0 saturated carbocycles. The molecule has 4 nitrogen and oxygen atoms in total. The van der Waals surface area contributed by atoms with Crippen molar-refractivity contribution in [1.82, 2.24) is 10.3 Å². The zero-order valence-corrected chi connectivity index (χ0v) is 14.7. The molecule has 0 radical (unpaired) electrons. The first-order valence-corrected chi connectivity index (χ1v) is 8.46. The lowest BCUT2D eigenvalue weighted by molar-refractivity contribution is 0.199. The number of benzene rings is 1. The molecule has 0 aliphatic heterocycles. The van der Waals surface area contributed by atoms with Crippen molar-refractivity contribution in [3.8, 4) is 0 Å². The molecular formula is C15H20BrN3OS. The number of halogens is 1. The summed E-state index contributed by atoms with van der Waals surface area (Å²) in [6.07, 6.45) is 0. The summed E-state index contributed by atoms with van der Waals surface area (Å²) < 4.78 is 6.14. The molecule has 0 amide bonds. The van der Waals surface area contributed by atoms with Crippen LogP contribution in [0.1, 0.15) is 11.3 Å². The van der Waals surface area contributed by atoms with Crippen molar-refractivity contribution in [2.24, 2.45) is 0 Å². The third kappa shape index (κ3) is 5.07. The van der Waals surface area contributed by atoms with Crippen molar-refractivity contribution in [3.63, 3.8) is 0 Å². The quantitative estimate of drug-likeness (QED) is 0.724. The molecule has 6 heteroatoms. The first kappa shape index (κ1) is 16.4. The SMILES string of the molecule is COCCNCc1csc(N(C)Cc2ccccc2Br)n1. The predicted octanol–water partition coefficient (Wildman–Crippen LogP) is 3.28. The van der Waals surface area contributed by atoms with E-state index in [1.54, 1.807) is 18.4 Å². The maximum absolute atomic E-state index is 5.01. The molecule has 0 bridgehead atoms. The zero-order chi connectivity index (χ0) is 15.1. The fourth-order valence-corrected chi connectivity index (χ4v) is 3.10. The average molecular weight is 370 g/mol. The van der Waals surface area contributed by atoms with E-state index in [9.17, 15) is 0 Å². The van der Waals surface area contributed by atoms with Crippen LogP contribution in [0.25, 0.3) is 0 Å². The van der Waals surface area contributed by atoms with Crippen molar-refractivity contribution in [2.45, 2.75) is 13.1 Å². The minimum atomic E-state index is 0.721. The number of nitrogens with one attached hydrogen (secondary N) is 1. The standard InChI is InChI=1S/C15H20BrN3OS/c1-19(10-12-5-3-4-6-14(12)16)15-18-13(11-21-15)9-17-7-8-20-2/h3-6,11,17H,7-10H2,1-2H3. The summed E-state index contributed by atoms with van der Waals surface area (Å²) in [5.74, 6) is 0. The van der Waals surface area contributed by atoms with Gasteiger partial charge in [-0.1, -0.05) is 34.1 Å². The fraction of sp³-hybridized carbons (Fsp3) is 0.400. The molecule has 0 spiro atoms. The van der Waals surface area contributed by atoms with Gasteiger partial charge in [-0.25, -0.2) is 4.98 Å². The van der Waals surface area contributed by atoms with Gasteiger partial charge in [0.05, 0.1) is 12.3 Å². The molecule has 114 valence electrons. The monoisotopic (exact) mass is 369 g/mol. The lowest BCUT2D eigenvalue weighted by atomic mass is 10.2. The van der Waals surface area contributed by atoms with Crippen LogP contribution in [0.3, 0.4) is 0 Å². The summed E-state index contributed by atoms with van der Waals surface area (Å²) in [6.45, 7) is 3.18. The molecule has 1 heterocycles. The smallest absolute Gasteiger partial charge is 0.185 e. The lowest BCUT2D eigenvalue weighted by Gasteiger charge is -2.16. The highest BCUT2D eigenvalue weighted by Crippen LogP contribution is 2.23. The Kier molecular flexibility index (Phi) is 6.63. The van der Waals surface area contributed by atoms with Crippen molar-refractivity contribution in [2.75, 3.05) is 32.2 Å². The molecule has 2 aromatic rings. The normalized spacial score (nSPS) is 10.8. The van der Waals surface area contributed by atoms with E-state index in [1.165, 1.54) is 5.56 Å². The Balaban J connectivity index is 1.90. The number of thiazole rings is 1. The van der Waals surface area contributed by atoms with Gasteiger partial charge in [0.2, 0.25) is 0 Å². The summed E-state index contributed by atoms with van der Waals surface area (Å²) in [7, 11) is 3.78. The van der Waals surface area contributed by atoms with E-state index in [-0.39, 0.29) is 0 Å². The molecule has 0 saturated heterocycles. The van der Waals surface area contributed by atoms with Crippen LogP contribution in [0, 0.1) is 0 Å². The summed E-state index contributed by atoms with van der Waals surface area (Å²) in [6, 6.07) is 8.28. The molecule has 0 unspecified atom stereocenters. The molecule has 1 aromatic carbocycles. The lowest BCUT2D eigenvalue weighted by Crippen LogP contribution is -2.19. The number of methoxy groups -OCH3 is 1. The molecule has 0 aliphatic carbocycles. The van der Waals surface area contributed by atoms with Crippen LogP contribution in [-0.2, 0) is 17.8 Å². The number of hydrogen-bond donors (Lipinski definition) is 1. The molecule has 2 rings (SSSR count). The molecule has 1 aromatic heterocycles. The first-order chi connectivity index (χ1) is 10.2. The van der Waals surface area contributed by atoms with Crippen LogP contribution in [0.15, 0.2) is 34.1 Å². The Bertz CT molecular complexity index is 561. The van der Waals surface area contributed by atoms with Crippen LogP contribution in [0.2, 0.25) is 0 Å². The number of nitrogens with zero attached hydrogens (tertiary/aromatic N) is 2. The summed E-state index contributed by atoms with van der Waals surface area (Å²) in [5.41, 5.74) is 2.33. The third-order valence-corrected chi connectivity index (χ3v) is 4.80. The van der Waals surface area contributed by atoms with Gasteiger partial charge in [-0.05, 0) is 11.6 Å². The molecule has 1 N–H and O–H groups in total. The fourth-order valence-electron chi connectivity index (χ4n) is 1.89. The summed E-state index contributed by atoms with van der Waals surface area (Å²) in [5, 5.41) is 6.45. The van der Waals surface area contributed by atoms with Crippen molar-refractivity contribution < 1.29 is 4.74 Å². The Labute approximate surface area is 138 Å². The molecule has 0 atom stereocenters. The highest BCUT2D eigenvalue weighted by molar-refractivity contribution is 9.10. The third-order valence-electron chi connectivity index (χ3n) is 3.02. The molecule has 21 heavy (non-hydrogen) atoms. The summed E-state index contributed by atoms with van der Waals surface area (Å²) >= 11 is 5.26. The maximum Gasteiger partial charge on any atom is 0.185 e. The van der Waals surface area contributed by atoms with Crippen LogP contribution in [0.5, 0.6) is 0 Å². The van der Waals surface area contributed by atoms with Crippen LogP contribution >= 0.6 is 27.3 Å². The maximum atomic E-state index is 5.01. The van der Waals surface area contributed by atoms with Gasteiger partial charge < -0.3 is 15.0 Å². The highest BCUT2D eigenvalue weighted by Gasteiger charge is 2.09. The second-order valence-electron chi connectivity index (χ2n) is 4.74. The Morgan fingerprint density at radius 3 is 2.95 bits per heavy atom. The number of aromatic nitrogens is 1. The van der Waals surface area contributed by atoms with E-state index < -0.39 is 0 Å².